The lowest BCUT2D eigenvalue weighted by atomic mass is 9.74. The highest BCUT2D eigenvalue weighted by Crippen LogP contribution is 2.44. The van der Waals surface area contributed by atoms with Gasteiger partial charge in [-0.2, -0.15) is 0 Å². The van der Waals surface area contributed by atoms with Crippen molar-refractivity contribution in [2.45, 2.75) is 57.5 Å². The Bertz CT molecular complexity index is 1110. The molecular formula is C28H32N2O5. The van der Waals surface area contributed by atoms with E-state index in [4.69, 9.17) is 4.74 Å². The van der Waals surface area contributed by atoms with Gasteiger partial charge >= 0.3 is 12.1 Å². The van der Waals surface area contributed by atoms with Crippen LogP contribution in [0.4, 0.5) is 4.79 Å². The van der Waals surface area contributed by atoms with Gasteiger partial charge in [0.25, 0.3) is 0 Å². The molecule has 1 saturated carbocycles. The number of ether oxygens (including phenoxy) is 1. The van der Waals surface area contributed by atoms with Crippen LogP contribution in [0.15, 0.2) is 48.5 Å². The van der Waals surface area contributed by atoms with Crippen LogP contribution >= 0.6 is 0 Å². The Morgan fingerprint density at radius 1 is 1.03 bits per heavy atom. The second kappa shape index (κ2) is 9.02. The molecule has 0 radical (unpaired) electrons. The molecule has 0 spiro atoms. The molecule has 35 heavy (non-hydrogen) atoms. The van der Waals surface area contributed by atoms with Crippen molar-refractivity contribution in [3.8, 4) is 11.1 Å². The summed E-state index contributed by atoms with van der Waals surface area (Å²) in [7, 11) is 0. The van der Waals surface area contributed by atoms with Gasteiger partial charge in [0.1, 0.15) is 12.6 Å². The van der Waals surface area contributed by atoms with E-state index in [2.05, 4.69) is 29.6 Å². The van der Waals surface area contributed by atoms with Crippen molar-refractivity contribution in [2.24, 2.45) is 11.3 Å². The number of nitrogens with zero attached hydrogens (tertiary/aromatic N) is 1. The minimum Gasteiger partial charge on any atom is -0.480 e. The second-order valence-electron chi connectivity index (χ2n) is 10.7. The Morgan fingerprint density at radius 2 is 1.63 bits per heavy atom. The number of likely N-dealkylation sites (tertiary alicyclic amines) is 1. The number of carbonyl (C=O) groups is 3. The summed E-state index contributed by atoms with van der Waals surface area (Å²) in [4.78, 5) is 39.0. The van der Waals surface area contributed by atoms with Gasteiger partial charge in [-0.1, -0.05) is 62.4 Å². The Balaban J connectivity index is 1.14. The molecule has 0 bridgehead atoms. The van der Waals surface area contributed by atoms with Crippen molar-refractivity contribution in [1.29, 1.82) is 0 Å². The summed E-state index contributed by atoms with van der Waals surface area (Å²) < 4.78 is 5.61. The zero-order valence-electron chi connectivity index (χ0n) is 20.2. The Morgan fingerprint density at radius 3 is 2.23 bits per heavy atom. The molecule has 2 aliphatic carbocycles. The van der Waals surface area contributed by atoms with Gasteiger partial charge in [0, 0.05) is 24.4 Å². The number of hydrogen-bond acceptors (Lipinski definition) is 4. The highest BCUT2D eigenvalue weighted by Gasteiger charge is 2.48. The van der Waals surface area contributed by atoms with Crippen molar-refractivity contribution in [1.82, 2.24) is 10.2 Å². The van der Waals surface area contributed by atoms with Gasteiger partial charge in [-0.25, -0.2) is 9.59 Å². The maximum Gasteiger partial charge on any atom is 0.407 e. The molecule has 2 aromatic rings. The van der Waals surface area contributed by atoms with Gasteiger partial charge in [-0.3, -0.25) is 4.79 Å². The van der Waals surface area contributed by atoms with Crippen LogP contribution in [-0.2, 0) is 14.3 Å². The van der Waals surface area contributed by atoms with Crippen LogP contribution < -0.4 is 5.32 Å². The van der Waals surface area contributed by atoms with Crippen LogP contribution in [0.2, 0.25) is 0 Å². The molecule has 2 fully saturated rings. The summed E-state index contributed by atoms with van der Waals surface area (Å²) >= 11 is 0. The van der Waals surface area contributed by atoms with E-state index >= 15 is 0 Å². The lowest BCUT2D eigenvalue weighted by molar-refractivity contribution is -0.162. The minimum atomic E-state index is -0.948. The molecule has 1 atom stereocenters. The number of aliphatic carboxylic acids is 1. The Kier molecular flexibility index (Phi) is 6.03. The molecule has 2 N–H and O–H groups in total. The number of fused-ring (bicyclic) bond motifs is 3. The quantitative estimate of drug-likeness (QED) is 0.667. The summed E-state index contributed by atoms with van der Waals surface area (Å²) in [6, 6.07) is 15.4. The highest BCUT2D eigenvalue weighted by molar-refractivity contribution is 5.87. The lowest BCUT2D eigenvalue weighted by Gasteiger charge is -2.47. The van der Waals surface area contributed by atoms with Crippen molar-refractivity contribution in [3.05, 3.63) is 59.7 Å². The number of hydrogen-bond donors (Lipinski definition) is 2. The van der Waals surface area contributed by atoms with Crippen molar-refractivity contribution in [2.75, 3.05) is 13.2 Å². The average molecular weight is 477 g/mol. The van der Waals surface area contributed by atoms with Crippen molar-refractivity contribution >= 4 is 18.0 Å². The van der Waals surface area contributed by atoms with E-state index < -0.39 is 23.5 Å². The summed E-state index contributed by atoms with van der Waals surface area (Å²) in [5, 5.41) is 12.6. The highest BCUT2D eigenvalue weighted by atomic mass is 16.5. The molecule has 2 amide bonds. The average Bonchev–Trinajstić information content (AvgIpc) is 3.12. The molecule has 0 aromatic heterocycles. The molecular weight excluding hydrogens is 444 g/mol. The van der Waals surface area contributed by atoms with E-state index in [0.717, 1.165) is 24.0 Å². The molecule has 1 aliphatic heterocycles. The van der Waals surface area contributed by atoms with Crippen LogP contribution in [0.5, 0.6) is 0 Å². The van der Waals surface area contributed by atoms with Gasteiger partial charge in [-0.05, 0) is 53.4 Å². The first kappa shape index (κ1) is 23.4. The predicted octanol–water partition coefficient (Wildman–Crippen LogP) is 4.41. The predicted molar refractivity (Wildman–Crippen MR) is 131 cm³/mol. The second-order valence-corrected chi connectivity index (χ2v) is 10.7. The summed E-state index contributed by atoms with van der Waals surface area (Å²) in [5.74, 6) is -1.32. The first-order valence-electron chi connectivity index (χ1n) is 12.4. The van der Waals surface area contributed by atoms with E-state index in [1.165, 1.54) is 11.1 Å². The number of nitrogens with one attached hydrogen (secondary N) is 1. The summed E-state index contributed by atoms with van der Waals surface area (Å²) in [5.41, 5.74) is 4.22. The zero-order valence-corrected chi connectivity index (χ0v) is 20.2. The third kappa shape index (κ3) is 4.28. The molecule has 2 aromatic carbocycles. The fourth-order valence-corrected chi connectivity index (χ4v) is 6.08. The van der Waals surface area contributed by atoms with Gasteiger partial charge < -0.3 is 20.1 Å². The first-order chi connectivity index (χ1) is 16.8. The topological polar surface area (TPSA) is 95.9 Å². The normalized spacial score (nSPS) is 24.6. The number of carboxylic acids is 1. The number of benzene rings is 2. The van der Waals surface area contributed by atoms with Crippen LogP contribution in [-0.4, -0.2) is 53.2 Å². The number of alkyl carbamates (subject to hydrolysis) is 1. The zero-order chi connectivity index (χ0) is 24.7. The smallest absolute Gasteiger partial charge is 0.407 e. The van der Waals surface area contributed by atoms with Crippen molar-refractivity contribution in [3.63, 3.8) is 0 Å². The van der Waals surface area contributed by atoms with Crippen LogP contribution in [0.25, 0.3) is 11.1 Å². The lowest BCUT2D eigenvalue weighted by Crippen LogP contribution is -2.60. The largest absolute Gasteiger partial charge is 0.480 e. The number of amides is 2. The summed E-state index contributed by atoms with van der Waals surface area (Å²) in [6.07, 6.45) is 2.12. The van der Waals surface area contributed by atoms with Gasteiger partial charge in [-0.15, -0.1) is 0 Å². The van der Waals surface area contributed by atoms with Crippen LogP contribution in [0.3, 0.4) is 0 Å². The van der Waals surface area contributed by atoms with E-state index in [1.54, 1.807) is 4.90 Å². The number of carbonyl (C=O) groups excluding carboxylic acids is 2. The number of carboxylic acid groups (broad SMARTS) is 1. The standard InChI is InChI=1S/C28H32N2O5/c1-28(2)12-7-13-30(24(28)26(32)33)25(31)17-14-18(15-17)29-27(34)35-16-23-21-10-5-3-8-19(21)20-9-4-6-11-22(20)23/h3-6,8-11,17-18,23-24H,7,12-16H2,1-2H3,(H,29,34)(H,32,33). The van der Waals surface area contributed by atoms with E-state index in [1.807, 2.05) is 38.1 Å². The SMILES string of the molecule is CC1(C)CCCN(C(=O)C2CC(NC(=O)OCC3c4ccccc4-c4ccccc43)C2)C1C(=O)O. The third-order valence-electron chi connectivity index (χ3n) is 7.94. The maximum absolute atomic E-state index is 13.1. The van der Waals surface area contributed by atoms with E-state index in [0.29, 0.717) is 19.4 Å². The molecule has 7 heteroatoms. The van der Waals surface area contributed by atoms with E-state index in [9.17, 15) is 19.5 Å². The molecule has 1 saturated heterocycles. The number of piperidine rings is 1. The summed E-state index contributed by atoms with van der Waals surface area (Å²) in [6.45, 7) is 4.54. The monoisotopic (exact) mass is 476 g/mol. The Labute approximate surface area is 205 Å². The fraction of sp³-hybridized carbons (Fsp3) is 0.464. The molecule has 1 heterocycles. The molecule has 3 aliphatic rings. The van der Waals surface area contributed by atoms with Gasteiger partial charge in [0.05, 0.1) is 0 Å². The van der Waals surface area contributed by atoms with Crippen LogP contribution in [0.1, 0.15) is 56.6 Å². The molecule has 7 nitrogen and oxygen atoms in total. The first-order valence-corrected chi connectivity index (χ1v) is 12.4. The minimum absolute atomic E-state index is 0.000672. The molecule has 1 unspecified atom stereocenters. The van der Waals surface area contributed by atoms with Gasteiger partial charge in [0.2, 0.25) is 5.91 Å². The third-order valence-corrected chi connectivity index (χ3v) is 7.94. The van der Waals surface area contributed by atoms with E-state index in [-0.39, 0.29) is 30.4 Å². The fourth-order valence-electron chi connectivity index (χ4n) is 6.08. The maximum atomic E-state index is 13.1. The van der Waals surface area contributed by atoms with Crippen molar-refractivity contribution < 1.29 is 24.2 Å². The van der Waals surface area contributed by atoms with Crippen LogP contribution in [0, 0.1) is 11.3 Å². The molecule has 184 valence electrons. The Hall–Kier alpha value is -3.35. The van der Waals surface area contributed by atoms with Gasteiger partial charge in [0.15, 0.2) is 0 Å². The number of rotatable bonds is 5. The molecule has 5 rings (SSSR count).